The molecule has 0 aromatic heterocycles. The van der Waals surface area contributed by atoms with Crippen LogP contribution in [0.1, 0.15) is 43.7 Å². The lowest BCUT2D eigenvalue weighted by Crippen LogP contribution is -2.57. The Balaban J connectivity index is 1.51. The summed E-state index contributed by atoms with van der Waals surface area (Å²) >= 11 is 0. The van der Waals surface area contributed by atoms with E-state index in [9.17, 15) is 0 Å². The number of ether oxygens (including phenoxy) is 5. The summed E-state index contributed by atoms with van der Waals surface area (Å²) in [6, 6.07) is 10.4. The van der Waals surface area contributed by atoms with Crippen LogP contribution in [0.3, 0.4) is 0 Å². The summed E-state index contributed by atoms with van der Waals surface area (Å²) in [5.74, 6) is 4.42. The topological polar surface area (TPSA) is 49.4 Å². The zero-order chi connectivity index (χ0) is 19.6. The van der Waals surface area contributed by atoms with Crippen molar-refractivity contribution in [1.82, 2.24) is 4.90 Å². The highest BCUT2D eigenvalue weighted by molar-refractivity contribution is 5.57. The van der Waals surface area contributed by atoms with Gasteiger partial charge in [-0.3, -0.25) is 4.90 Å². The van der Waals surface area contributed by atoms with Crippen LogP contribution < -0.4 is 23.7 Å². The molecule has 0 radical (unpaired) electrons. The van der Waals surface area contributed by atoms with Gasteiger partial charge in [-0.25, -0.2) is 0 Å². The van der Waals surface area contributed by atoms with Gasteiger partial charge in [-0.2, -0.15) is 0 Å². The molecule has 6 heteroatoms. The van der Waals surface area contributed by atoms with E-state index < -0.39 is 5.72 Å². The van der Waals surface area contributed by atoms with E-state index in [2.05, 4.69) is 36.9 Å². The van der Waals surface area contributed by atoms with Gasteiger partial charge in [-0.15, -0.1) is 0 Å². The Morgan fingerprint density at radius 3 is 2.24 bits per heavy atom. The second-order valence-electron chi connectivity index (χ2n) is 8.47. The summed E-state index contributed by atoms with van der Waals surface area (Å²) in [4.78, 5) is 2.49. The molecule has 0 amide bonds. The molecule has 0 bridgehead atoms. The molecule has 29 heavy (non-hydrogen) atoms. The van der Waals surface area contributed by atoms with E-state index in [1.54, 1.807) is 0 Å². The lowest BCUT2D eigenvalue weighted by atomic mass is 9.73. The lowest BCUT2D eigenvalue weighted by Gasteiger charge is -2.50. The first-order valence-electron chi connectivity index (χ1n) is 10.4. The van der Waals surface area contributed by atoms with Crippen molar-refractivity contribution in [2.24, 2.45) is 5.92 Å². The molecule has 1 fully saturated rings. The Kier molecular flexibility index (Phi) is 3.69. The summed E-state index contributed by atoms with van der Waals surface area (Å²) in [7, 11) is 0. The van der Waals surface area contributed by atoms with Gasteiger partial charge in [-0.05, 0) is 43.5 Å². The van der Waals surface area contributed by atoms with E-state index in [1.807, 2.05) is 12.1 Å². The molecule has 0 aliphatic carbocycles. The first-order valence-corrected chi connectivity index (χ1v) is 10.4. The van der Waals surface area contributed by atoms with Gasteiger partial charge >= 0.3 is 0 Å². The minimum Gasteiger partial charge on any atom is -0.472 e. The first kappa shape index (κ1) is 17.3. The Hall–Kier alpha value is -2.60. The SMILES string of the molecule is C[C@H]1[C@H](c2ccc3c(c2)OCO3)c2cc3c(cc2OC1(C)N1CCCC1)OCO3. The number of benzene rings is 2. The zero-order valence-corrected chi connectivity index (χ0v) is 16.8. The minimum atomic E-state index is -0.391. The summed E-state index contributed by atoms with van der Waals surface area (Å²) in [5, 5.41) is 0. The molecule has 152 valence electrons. The van der Waals surface area contributed by atoms with Gasteiger partial charge in [0.25, 0.3) is 0 Å². The molecule has 1 saturated heterocycles. The molecular formula is C23H25NO5. The molecule has 2 aromatic rings. The highest BCUT2D eigenvalue weighted by atomic mass is 16.7. The van der Waals surface area contributed by atoms with Crippen molar-refractivity contribution in [2.75, 3.05) is 26.7 Å². The molecule has 6 nitrogen and oxygen atoms in total. The predicted octanol–water partition coefficient (Wildman–Crippen LogP) is 4.12. The van der Waals surface area contributed by atoms with Crippen molar-refractivity contribution in [2.45, 2.75) is 38.3 Å². The first-order chi connectivity index (χ1) is 14.1. The van der Waals surface area contributed by atoms with Crippen molar-refractivity contribution in [3.8, 4) is 28.7 Å². The second kappa shape index (κ2) is 6.20. The summed E-state index contributed by atoms with van der Waals surface area (Å²) in [6.07, 6.45) is 2.43. The normalized spacial score (nSPS) is 29.6. The molecular weight excluding hydrogens is 370 g/mol. The molecule has 6 rings (SSSR count). The van der Waals surface area contributed by atoms with Gasteiger partial charge in [0.1, 0.15) is 5.75 Å². The van der Waals surface area contributed by atoms with Crippen LogP contribution in [-0.2, 0) is 0 Å². The Labute approximate surface area is 170 Å². The Morgan fingerprint density at radius 1 is 0.828 bits per heavy atom. The van der Waals surface area contributed by atoms with E-state index in [1.165, 1.54) is 18.4 Å². The average molecular weight is 395 g/mol. The Bertz CT molecular complexity index is 970. The van der Waals surface area contributed by atoms with Crippen molar-refractivity contribution in [3.05, 3.63) is 41.5 Å². The third-order valence-electron chi connectivity index (χ3n) is 6.99. The zero-order valence-electron chi connectivity index (χ0n) is 16.8. The summed E-state index contributed by atoms with van der Waals surface area (Å²) in [6.45, 7) is 7.19. The third kappa shape index (κ3) is 2.51. The van der Waals surface area contributed by atoms with Gasteiger partial charge in [0, 0.05) is 36.6 Å². The maximum atomic E-state index is 6.72. The van der Waals surface area contributed by atoms with E-state index in [4.69, 9.17) is 23.7 Å². The molecule has 2 aromatic carbocycles. The quantitative estimate of drug-likeness (QED) is 0.763. The third-order valence-corrected chi connectivity index (χ3v) is 6.99. The number of rotatable bonds is 2. The average Bonchev–Trinajstić information content (AvgIpc) is 3.48. The van der Waals surface area contributed by atoms with Crippen LogP contribution in [0.2, 0.25) is 0 Å². The van der Waals surface area contributed by atoms with Crippen LogP contribution in [0.25, 0.3) is 0 Å². The Morgan fingerprint density at radius 2 is 1.48 bits per heavy atom. The molecule has 0 saturated carbocycles. The monoisotopic (exact) mass is 395 g/mol. The highest BCUT2D eigenvalue weighted by Crippen LogP contribution is 2.54. The molecule has 3 atom stereocenters. The number of hydrogen-bond acceptors (Lipinski definition) is 6. The van der Waals surface area contributed by atoms with Gasteiger partial charge in [0.15, 0.2) is 28.7 Å². The highest BCUT2D eigenvalue weighted by Gasteiger charge is 2.49. The summed E-state index contributed by atoms with van der Waals surface area (Å²) < 4.78 is 29.2. The smallest absolute Gasteiger partial charge is 0.231 e. The molecule has 4 aliphatic rings. The second-order valence-corrected chi connectivity index (χ2v) is 8.47. The van der Waals surface area contributed by atoms with E-state index in [0.717, 1.165) is 47.4 Å². The maximum absolute atomic E-state index is 6.72. The van der Waals surface area contributed by atoms with Crippen molar-refractivity contribution in [3.63, 3.8) is 0 Å². The van der Waals surface area contributed by atoms with Crippen molar-refractivity contribution >= 4 is 0 Å². The summed E-state index contributed by atoms with van der Waals surface area (Å²) in [5.41, 5.74) is 1.95. The number of nitrogens with zero attached hydrogens (tertiary/aromatic N) is 1. The van der Waals surface area contributed by atoms with Crippen LogP contribution in [0.4, 0.5) is 0 Å². The van der Waals surface area contributed by atoms with Crippen LogP contribution >= 0.6 is 0 Å². The standard InChI is InChI=1S/C23H25NO5/c1-14-22(15-5-6-17-19(9-15)26-12-25-17)16-10-20-21(28-13-27-20)11-18(16)29-23(14,2)24-7-3-4-8-24/h5-6,9-11,14,22H,3-4,7-8,12-13H2,1-2H3/t14-,22+,23?/m0/s1. The van der Waals surface area contributed by atoms with Gasteiger partial charge < -0.3 is 23.7 Å². The molecule has 4 aliphatic heterocycles. The van der Waals surface area contributed by atoms with Gasteiger partial charge in [0.2, 0.25) is 13.6 Å². The number of fused-ring (bicyclic) bond motifs is 3. The predicted molar refractivity (Wildman–Crippen MR) is 106 cm³/mol. The van der Waals surface area contributed by atoms with Crippen LogP contribution in [-0.4, -0.2) is 37.3 Å². The lowest BCUT2D eigenvalue weighted by molar-refractivity contribution is -0.114. The van der Waals surface area contributed by atoms with E-state index >= 15 is 0 Å². The van der Waals surface area contributed by atoms with E-state index in [-0.39, 0.29) is 25.4 Å². The van der Waals surface area contributed by atoms with Crippen LogP contribution in [0.5, 0.6) is 28.7 Å². The maximum Gasteiger partial charge on any atom is 0.231 e. The van der Waals surface area contributed by atoms with Crippen molar-refractivity contribution < 1.29 is 23.7 Å². The molecule has 1 unspecified atom stereocenters. The minimum absolute atomic E-state index is 0.147. The van der Waals surface area contributed by atoms with E-state index in [0.29, 0.717) is 0 Å². The molecule has 4 heterocycles. The fraction of sp³-hybridized carbons (Fsp3) is 0.478. The molecule has 0 N–H and O–H groups in total. The number of hydrogen-bond donors (Lipinski definition) is 0. The van der Waals surface area contributed by atoms with Crippen molar-refractivity contribution in [1.29, 1.82) is 0 Å². The number of likely N-dealkylation sites (tertiary alicyclic amines) is 1. The van der Waals surface area contributed by atoms with Crippen LogP contribution in [0, 0.1) is 5.92 Å². The van der Waals surface area contributed by atoms with Gasteiger partial charge in [-0.1, -0.05) is 13.0 Å². The van der Waals surface area contributed by atoms with Gasteiger partial charge in [0.05, 0.1) is 0 Å². The molecule has 0 spiro atoms. The largest absolute Gasteiger partial charge is 0.472 e. The fourth-order valence-corrected chi connectivity index (χ4v) is 5.25. The fourth-order valence-electron chi connectivity index (χ4n) is 5.25. The van der Waals surface area contributed by atoms with Crippen LogP contribution in [0.15, 0.2) is 30.3 Å².